The first-order chi connectivity index (χ1) is 7.22. The summed E-state index contributed by atoms with van der Waals surface area (Å²) < 4.78 is 0. The van der Waals surface area contributed by atoms with E-state index in [9.17, 15) is 5.11 Å². The number of aliphatic hydroxyl groups is 2. The standard InChI is InChI=1S/C11H12N2O2/c1-7-11(10(15)6-14)13-9-5-3-2-4-8(9)12-7/h2-5,10,14-15H,6H2,1H3/t10-/m0/s1. The van der Waals surface area contributed by atoms with Gasteiger partial charge in [-0.3, -0.25) is 0 Å². The van der Waals surface area contributed by atoms with Gasteiger partial charge in [0.25, 0.3) is 0 Å². The van der Waals surface area contributed by atoms with Crippen LogP contribution >= 0.6 is 0 Å². The Hall–Kier alpha value is -1.52. The molecule has 0 spiro atoms. The summed E-state index contributed by atoms with van der Waals surface area (Å²) in [6.45, 7) is 1.43. The summed E-state index contributed by atoms with van der Waals surface area (Å²) >= 11 is 0. The molecule has 15 heavy (non-hydrogen) atoms. The van der Waals surface area contributed by atoms with Gasteiger partial charge in [-0.15, -0.1) is 0 Å². The van der Waals surface area contributed by atoms with Crippen LogP contribution in [0.3, 0.4) is 0 Å². The minimum atomic E-state index is -0.956. The lowest BCUT2D eigenvalue weighted by Gasteiger charge is -2.10. The van der Waals surface area contributed by atoms with E-state index in [1.165, 1.54) is 0 Å². The molecule has 0 radical (unpaired) electrons. The minimum absolute atomic E-state index is 0.339. The van der Waals surface area contributed by atoms with Gasteiger partial charge >= 0.3 is 0 Å². The van der Waals surface area contributed by atoms with Crippen LogP contribution in [0.1, 0.15) is 17.5 Å². The van der Waals surface area contributed by atoms with Gasteiger partial charge in [0, 0.05) is 0 Å². The first-order valence-electron chi connectivity index (χ1n) is 4.74. The third kappa shape index (κ3) is 1.82. The molecule has 1 atom stereocenters. The smallest absolute Gasteiger partial charge is 0.121 e. The SMILES string of the molecule is Cc1nc2ccccc2nc1[C@@H](O)CO. The molecule has 1 aromatic carbocycles. The van der Waals surface area contributed by atoms with Crippen LogP contribution in [0.25, 0.3) is 11.0 Å². The molecule has 0 fully saturated rings. The third-order valence-electron chi connectivity index (χ3n) is 2.27. The maximum Gasteiger partial charge on any atom is 0.121 e. The molecule has 0 bridgehead atoms. The number of rotatable bonds is 2. The number of aromatic nitrogens is 2. The van der Waals surface area contributed by atoms with Gasteiger partial charge in [-0.25, -0.2) is 9.97 Å². The molecule has 0 aliphatic carbocycles. The van der Waals surface area contributed by atoms with Crippen molar-refractivity contribution in [2.45, 2.75) is 13.0 Å². The van der Waals surface area contributed by atoms with Crippen molar-refractivity contribution in [1.82, 2.24) is 9.97 Å². The summed E-state index contributed by atoms with van der Waals surface area (Å²) in [6, 6.07) is 7.44. The van der Waals surface area contributed by atoms with Crippen LogP contribution in [-0.4, -0.2) is 26.8 Å². The Bertz CT molecular complexity index is 485. The zero-order valence-electron chi connectivity index (χ0n) is 8.38. The largest absolute Gasteiger partial charge is 0.393 e. The fourth-order valence-electron chi connectivity index (χ4n) is 1.50. The molecule has 0 saturated carbocycles. The first-order valence-corrected chi connectivity index (χ1v) is 4.74. The molecule has 4 heteroatoms. The molecule has 1 heterocycles. The number of aryl methyl sites for hydroxylation is 1. The molecule has 0 aliphatic rings. The molecule has 0 saturated heterocycles. The fourth-order valence-corrected chi connectivity index (χ4v) is 1.50. The fraction of sp³-hybridized carbons (Fsp3) is 0.273. The summed E-state index contributed by atoms with van der Waals surface area (Å²) in [5, 5.41) is 18.4. The number of para-hydroxylation sites is 2. The molecular formula is C11H12N2O2. The van der Waals surface area contributed by atoms with Crippen molar-refractivity contribution in [2.75, 3.05) is 6.61 Å². The Morgan fingerprint density at radius 3 is 2.40 bits per heavy atom. The Labute approximate surface area is 87.2 Å². The van der Waals surface area contributed by atoms with Crippen LogP contribution in [0.2, 0.25) is 0 Å². The van der Waals surface area contributed by atoms with E-state index in [1.54, 1.807) is 6.92 Å². The lowest BCUT2D eigenvalue weighted by atomic mass is 10.2. The Kier molecular flexibility index (Phi) is 2.62. The van der Waals surface area contributed by atoms with Gasteiger partial charge in [-0.1, -0.05) is 12.1 Å². The predicted molar refractivity (Wildman–Crippen MR) is 56.3 cm³/mol. The first kappa shape index (κ1) is 10.0. The van der Waals surface area contributed by atoms with Crippen LogP contribution in [0.15, 0.2) is 24.3 Å². The Morgan fingerprint density at radius 1 is 1.20 bits per heavy atom. The molecule has 78 valence electrons. The van der Waals surface area contributed by atoms with E-state index < -0.39 is 6.10 Å². The average Bonchev–Trinajstić information content (AvgIpc) is 2.27. The molecule has 2 aromatic rings. The van der Waals surface area contributed by atoms with Crippen molar-refractivity contribution in [1.29, 1.82) is 0 Å². The number of benzene rings is 1. The Balaban J connectivity index is 2.61. The van der Waals surface area contributed by atoms with Crippen LogP contribution in [0, 0.1) is 6.92 Å². The number of hydrogen-bond donors (Lipinski definition) is 2. The molecule has 0 unspecified atom stereocenters. The zero-order valence-corrected chi connectivity index (χ0v) is 8.38. The van der Waals surface area contributed by atoms with Gasteiger partial charge in [0.05, 0.1) is 29.0 Å². The van der Waals surface area contributed by atoms with Crippen LogP contribution < -0.4 is 0 Å². The highest BCUT2D eigenvalue weighted by Gasteiger charge is 2.12. The van der Waals surface area contributed by atoms with Gasteiger partial charge < -0.3 is 10.2 Å². The van der Waals surface area contributed by atoms with Gasteiger partial charge in [-0.05, 0) is 19.1 Å². The van der Waals surface area contributed by atoms with E-state index >= 15 is 0 Å². The molecule has 2 rings (SSSR count). The molecule has 2 N–H and O–H groups in total. The summed E-state index contributed by atoms with van der Waals surface area (Å²) in [5.41, 5.74) is 2.61. The van der Waals surface area contributed by atoms with Crippen molar-refractivity contribution >= 4 is 11.0 Å². The van der Waals surface area contributed by atoms with E-state index in [-0.39, 0.29) is 6.61 Å². The van der Waals surface area contributed by atoms with E-state index in [1.807, 2.05) is 24.3 Å². The summed E-state index contributed by atoms with van der Waals surface area (Å²) in [7, 11) is 0. The topological polar surface area (TPSA) is 66.2 Å². The number of aliphatic hydroxyl groups excluding tert-OH is 2. The third-order valence-corrected chi connectivity index (χ3v) is 2.27. The van der Waals surface area contributed by atoms with Crippen molar-refractivity contribution < 1.29 is 10.2 Å². The highest BCUT2D eigenvalue weighted by Crippen LogP contribution is 2.17. The van der Waals surface area contributed by atoms with Crippen molar-refractivity contribution in [3.63, 3.8) is 0 Å². The average molecular weight is 204 g/mol. The lowest BCUT2D eigenvalue weighted by molar-refractivity contribution is 0.0916. The quantitative estimate of drug-likeness (QED) is 0.764. The second kappa shape index (κ2) is 3.92. The maximum absolute atomic E-state index is 9.52. The summed E-state index contributed by atoms with van der Waals surface area (Å²) in [6.07, 6.45) is -0.956. The molecule has 1 aromatic heterocycles. The highest BCUT2D eigenvalue weighted by molar-refractivity contribution is 5.74. The van der Waals surface area contributed by atoms with Gasteiger partial charge in [0.15, 0.2) is 0 Å². The van der Waals surface area contributed by atoms with Gasteiger partial charge in [-0.2, -0.15) is 0 Å². The van der Waals surface area contributed by atoms with Crippen LogP contribution in [-0.2, 0) is 0 Å². The Morgan fingerprint density at radius 2 is 1.80 bits per heavy atom. The van der Waals surface area contributed by atoms with E-state index in [2.05, 4.69) is 9.97 Å². The normalized spacial score (nSPS) is 13.0. The second-order valence-corrected chi connectivity index (χ2v) is 3.38. The predicted octanol–water partition coefficient (Wildman–Crippen LogP) is 0.964. The number of fused-ring (bicyclic) bond motifs is 1. The summed E-state index contributed by atoms with van der Waals surface area (Å²) in [5.74, 6) is 0. The van der Waals surface area contributed by atoms with Crippen LogP contribution in [0.4, 0.5) is 0 Å². The number of hydrogen-bond acceptors (Lipinski definition) is 4. The summed E-state index contributed by atoms with van der Waals surface area (Å²) in [4.78, 5) is 8.58. The molecule has 4 nitrogen and oxygen atoms in total. The van der Waals surface area contributed by atoms with Crippen molar-refractivity contribution in [3.8, 4) is 0 Å². The van der Waals surface area contributed by atoms with Crippen LogP contribution in [0.5, 0.6) is 0 Å². The highest BCUT2D eigenvalue weighted by atomic mass is 16.3. The van der Waals surface area contributed by atoms with Crippen molar-refractivity contribution in [2.24, 2.45) is 0 Å². The molecule has 0 amide bonds. The second-order valence-electron chi connectivity index (χ2n) is 3.38. The van der Waals surface area contributed by atoms with E-state index in [0.717, 1.165) is 11.0 Å². The van der Waals surface area contributed by atoms with Gasteiger partial charge in [0.1, 0.15) is 6.10 Å². The monoisotopic (exact) mass is 204 g/mol. The van der Waals surface area contributed by atoms with Crippen molar-refractivity contribution in [3.05, 3.63) is 35.7 Å². The minimum Gasteiger partial charge on any atom is -0.393 e. The molecule has 0 aliphatic heterocycles. The van der Waals surface area contributed by atoms with E-state index in [0.29, 0.717) is 11.4 Å². The van der Waals surface area contributed by atoms with E-state index in [4.69, 9.17) is 5.11 Å². The number of nitrogens with zero attached hydrogens (tertiary/aromatic N) is 2. The lowest BCUT2D eigenvalue weighted by Crippen LogP contribution is -2.08. The van der Waals surface area contributed by atoms with Gasteiger partial charge in [0.2, 0.25) is 0 Å². The molecular weight excluding hydrogens is 192 g/mol. The maximum atomic E-state index is 9.52. The zero-order chi connectivity index (χ0) is 10.8.